The predicted molar refractivity (Wildman–Crippen MR) is 57.1 cm³/mol. The minimum absolute atomic E-state index is 0.354. The van der Waals surface area contributed by atoms with E-state index >= 15 is 0 Å². The first-order chi connectivity index (χ1) is 7.12. The van der Waals surface area contributed by atoms with Crippen molar-refractivity contribution in [3.8, 4) is 6.07 Å². The molecule has 1 aromatic heterocycles. The number of aromatic nitrogens is 2. The lowest BCUT2D eigenvalue weighted by molar-refractivity contribution is 0.573. The van der Waals surface area contributed by atoms with E-state index in [1.54, 1.807) is 6.20 Å². The van der Waals surface area contributed by atoms with Crippen LogP contribution < -0.4 is 5.32 Å². The lowest BCUT2D eigenvalue weighted by Crippen LogP contribution is -2.08. The molecule has 1 unspecified atom stereocenters. The van der Waals surface area contributed by atoms with Gasteiger partial charge in [-0.1, -0.05) is 13.8 Å². The van der Waals surface area contributed by atoms with Crippen LogP contribution in [0.1, 0.15) is 26.0 Å². The Bertz CT molecular complexity index is 388. The topological polar surface area (TPSA) is 61.6 Å². The van der Waals surface area contributed by atoms with Crippen LogP contribution in [0.2, 0.25) is 0 Å². The largest absolute Gasteiger partial charge is 0.368 e. The van der Waals surface area contributed by atoms with Gasteiger partial charge in [0.2, 0.25) is 0 Å². The highest BCUT2D eigenvalue weighted by molar-refractivity contribution is 5.33. The van der Waals surface area contributed by atoms with Crippen LogP contribution in [0.15, 0.2) is 12.4 Å². The minimum Gasteiger partial charge on any atom is -0.368 e. The molecule has 0 aliphatic heterocycles. The Morgan fingerprint density at radius 3 is 2.73 bits per heavy atom. The molecule has 0 bridgehead atoms. The number of nitrogens with one attached hydrogen (secondary N) is 1. The Hall–Kier alpha value is -1.63. The van der Waals surface area contributed by atoms with Gasteiger partial charge in [-0.15, -0.1) is 0 Å². The molecule has 0 spiro atoms. The molecular weight excluding hydrogens is 188 g/mol. The molecule has 1 aromatic rings. The SMILES string of the molecule is CC1(C)CC1CNc1cnc(C#N)cn1. The molecule has 2 rings (SSSR count). The molecule has 1 atom stereocenters. The smallest absolute Gasteiger partial charge is 0.158 e. The van der Waals surface area contributed by atoms with Gasteiger partial charge >= 0.3 is 0 Å². The summed E-state index contributed by atoms with van der Waals surface area (Å²) < 4.78 is 0. The molecule has 0 saturated heterocycles. The third-order valence-corrected chi connectivity index (χ3v) is 3.01. The van der Waals surface area contributed by atoms with Gasteiger partial charge in [0.15, 0.2) is 5.69 Å². The molecule has 78 valence electrons. The molecule has 15 heavy (non-hydrogen) atoms. The molecule has 0 amide bonds. The van der Waals surface area contributed by atoms with E-state index in [4.69, 9.17) is 5.26 Å². The van der Waals surface area contributed by atoms with Crippen molar-refractivity contribution >= 4 is 5.82 Å². The normalized spacial score (nSPS) is 21.8. The van der Waals surface area contributed by atoms with Crippen LogP contribution in [-0.4, -0.2) is 16.5 Å². The summed E-state index contributed by atoms with van der Waals surface area (Å²) in [6, 6.07) is 1.94. The van der Waals surface area contributed by atoms with Gasteiger partial charge in [-0.25, -0.2) is 9.97 Å². The van der Waals surface area contributed by atoms with Crippen LogP contribution in [-0.2, 0) is 0 Å². The van der Waals surface area contributed by atoms with Gasteiger partial charge in [0.25, 0.3) is 0 Å². The molecule has 1 heterocycles. The zero-order valence-electron chi connectivity index (χ0n) is 8.99. The molecule has 1 saturated carbocycles. The summed E-state index contributed by atoms with van der Waals surface area (Å²) in [4.78, 5) is 8.05. The van der Waals surface area contributed by atoms with Crippen LogP contribution in [0.4, 0.5) is 5.82 Å². The molecule has 4 nitrogen and oxygen atoms in total. The van der Waals surface area contributed by atoms with Gasteiger partial charge in [0, 0.05) is 6.54 Å². The number of hydrogen-bond donors (Lipinski definition) is 1. The van der Waals surface area contributed by atoms with Crippen molar-refractivity contribution in [1.29, 1.82) is 5.26 Å². The maximum atomic E-state index is 8.55. The fourth-order valence-electron chi connectivity index (χ4n) is 1.63. The Morgan fingerprint density at radius 2 is 2.27 bits per heavy atom. The van der Waals surface area contributed by atoms with Crippen molar-refractivity contribution in [2.24, 2.45) is 11.3 Å². The summed E-state index contributed by atoms with van der Waals surface area (Å²) in [7, 11) is 0. The first-order valence-corrected chi connectivity index (χ1v) is 5.08. The van der Waals surface area contributed by atoms with Gasteiger partial charge in [-0.05, 0) is 17.8 Å². The van der Waals surface area contributed by atoms with Crippen LogP contribution in [0.3, 0.4) is 0 Å². The Labute approximate surface area is 89.4 Å². The number of rotatable bonds is 3. The maximum Gasteiger partial charge on any atom is 0.158 e. The molecule has 0 aromatic carbocycles. The highest BCUT2D eigenvalue weighted by atomic mass is 15.0. The van der Waals surface area contributed by atoms with E-state index < -0.39 is 0 Å². The summed E-state index contributed by atoms with van der Waals surface area (Å²) in [5.41, 5.74) is 0.833. The fraction of sp³-hybridized carbons (Fsp3) is 0.545. The van der Waals surface area contributed by atoms with Crippen molar-refractivity contribution in [3.05, 3.63) is 18.1 Å². The number of nitriles is 1. The van der Waals surface area contributed by atoms with Gasteiger partial charge in [0.05, 0.1) is 12.4 Å². The molecule has 1 N–H and O–H groups in total. The summed E-state index contributed by atoms with van der Waals surface area (Å²) in [6.07, 6.45) is 4.36. The van der Waals surface area contributed by atoms with Crippen LogP contribution in [0.5, 0.6) is 0 Å². The van der Waals surface area contributed by atoms with Crippen LogP contribution in [0, 0.1) is 22.7 Å². The van der Waals surface area contributed by atoms with Crippen LogP contribution in [0.25, 0.3) is 0 Å². The van der Waals surface area contributed by atoms with Crippen molar-refractivity contribution in [2.75, 3.05) is 11.9 Å². The Morgan fingerprint density at radius 1 is 1.53 bits per heavy atom. The van der Waals surface area contributed by atoms with E-state index in [0.717, 1.165) is 18.3 Å². The third kappa shape index (κ3) is 2.24. The zero-order chi connectivity index (χ0) is 10.9. The molecule has 1 fully saturated rings. The van der Waals surface area contributed by atoms with Gasteiger partial charge in [0.1, 0.15) is 11.9 Å². The number of hydrogen-bond acceptors (Lipinski definition) is 4. The fourth-order valence-corrected chi connectivity index (χ4v) is 1.63. The predicted octanol–water partition coefficient (Wildman–Crippen LogP) is 1.81. The summed E-state index contributed by atoms with van der Waals surface area (Å²) >= 11 is 0. The zero-order valence-corrected chi connectivity index (χ0v) is 8.99. The quantitative estimate of drug-likeness (QED) is 0.812. The maximum absolute atomic E-state index is 8.55. The average Bonchev–Trinajstić information content (AvgIpc) is 2.84. The lowest BCUT2D eigenvalue weighted by atomic mass is 10.1. The second-order valence-corrected chi connectivity index (χ2v) is 4.67. The van der Waals surface area contributed by atoms with Gasteiger partial charge < -0.3 is 5.32 Å². The molecular formula is C11H14N4. The van der Waals surface area contributed by atoms with Crippen LogP contribution >= 0.6 is 0 Å². The lowest BCUT2D eigenvalue weighted by Gasteiger charge is -2.05. The first kappa shape index (κ1) is 9.91. The van der Waals surface area contributed by atoms with E-state index in [2.05, 4.69) is 29.1 Å². The first-order valence-electron chi connectivity index (χ1n) is 5.08. The highest BCUT2D eigenvalue weighted by Gasteiger charge is 2.44. The highest BCUT2D eigenvalue weighted by Crippen LogP contribution is 2.51. The average molecular weight is 202 g/mol. The summed E-state index contributed by atoms with van der Waals surface area (Å²) in [6.45, 7) is 5.47. The van der Waals surface area contributed by atoms with E-state index in [0.29, 0.717) is 11.1 Å². The number of anilines is 1. The second kappa shape index (κ2) is 3.50. The van der Waals surface area contributed by atoms with E-state index in [1.807, 2.05) is 6.07 Å². The standard InChI is InChI=1S/C11H14N4/c1-11(2)3-8(11)5-14-10-7-13-9(4-12)6-15-10/h6-8H,3,5H2,1-2H3,(H,14,15). The van der Waals surface area contributed by atoms with Gasteiger partial charge in [-0.3, -0.25) is 0 Å². The Balaban J connectivity index is 1.87. The molecule has 4 heteroatoms. The monoisotopic (exact) mass is 202 g/mol. The van der Waals surface area contributed by atoms with E-state index in [1.165, 1.54) is 12.6 Å². The van der Waals surface area contributed by atoms with Crippen molar-refractivity contribution in [1.82, 2.24) is 9.97 Å². The van der Waals surface area contributed by atoms with Crippen molar-refractivity contribution in [3.63, 3.8) is 0 Å². The molecule has 0 radical (unpaired) electrons. The molecule has 1 aliphatic rings. The molecule has 1 aliphatic carbocycles. The van der Waals surface area contributed by atoms with Gasteiger partial charge in [-0.2, -0.15) is 5.26 Å². The third-order valence-electron chi connectivity index (χ3n) is 3.01. The van der Waals surface area contributed by atoms with Crippen molar-refractivity contribution in [2.45, 2.75) is 20.3 Å². The number of nitrogens with zero attached hydrogens (tertiary/aromatic N) is 3. The van der Waals surface area contributed by atoms with E-state index in [9.17, 15) is 0 Å². The summed E-state index contributed by atoms with van der Waals surface area (Å²) in [5, 5.41) is 11.8. The Kier molecular flexibility index (Phi) is 2.31. The second-order valence-electron chi connectivity index (χ2n) is 4.67. The van der Waals surface area contributed by atoms with E-state index in [-0.39, 0.29) is 0 Å². The minimum atomic E-state index is 0.354. The van der Waals surface area contributed by atoms with Crippen molar-refractivity contribution < 1.29 is 0 Å². The summed E-state index contributed by atoms with van der Waals surface area (Å²) in [5.74, 6) is 1.48.